The number of hydrogen-bond acceptors (Lipinski definition) is 5. The summed E-state index contributed by atoms with van der Waals surface area (Å²) < 4.78 is 50.4. The van der Waals surface area contributed by atoms with Crippen molar-refractivity contribution in [2.45, 2.75) is 24.3 Å². The zero-order valence-corrected chi connectivity index (χ0v) is 14.1. The van der Waals surface area contributed by atoms with E-state index in [1.54, 1.807) is 26.0 Å². The Hall–Kier alpha value is -1.16. The van der Waals surface area contributed by atoms with Crippen molar-refractivity contribution in [2.75, 3.05) is 25.2 Å². The average molecular weight is 335 g/mol. The van der Waals surface area contributed by atoms with E-state index in [9.17, 15) is 16.8 Å². The molecule has 0 fully saturated rings. The first-order valence-corrected chi connectivity index (χ1v) is 9.59. The summed E-state index contributed by atoms with van der Waals surface area (Å²) in [5, 5.41) is 3.06. The molecular weight excluding hydrogens is 314 g/mol. The standard InChI is InChI=1S/C12H21N3O4S2/c1-12(2,15-20(4,16)17)9-14-10-5-7-11(8-6-10)21(18,19)13-3/h5-8,13-15H,9H2,1-4H3. The molecule has 0 spiro atoms. The molecule has 0 unspecified atom stereocenters. The third kappa shape index (κ3) is 6.00. The summed E-state index contributed by atoms with van der Waals surface area (Å²) in [6.45, 7) is 3.86. The highest BCUT2D eigenvalue weighted by Crippen LogP contribution is 2.15. The molecule has 0 amide bonds. The van der Waals surface area contributed by atoms with Gasteiger partial charge in [0.05, 0.1) is 11.2 Å². The third-order valence-corrected chi connectivity index (χ3v) is 4.98. The van der Waals surface area contributed by atoms with Gasteiger partial charge in [0.15, 0.2) is 0 Å². The van der Waals surface area contributed by atoms with E-state index in [0.29, 0.717) is 12.2 Å². The van der Waals surface area contributed by atoms with E-state index in [0.717, 1.165) is 6.26 Å². The molecule has 0 heterocycles. The minimum Gasteiger partial charge on any atom is -0.383 e. The lowest BCUT2D eigenvalue weighted by Crippen LogP contribution is -2.47. The lowest BCUT2D eigenvalue weighted by atomic mass is 10.1. The van der Waals surface area contributed by atoms with Crippen LogP contribution in [0.15, 0.2) is 29.2 Å². The van der Waals surface area contributed by atoms with Crippen molar-refractivity contribution in [1.29, 1.82) is 0 Å². The maximum atomic E-state index is 11.6. The van der Waals surface area contributed by atoms with Crippen molar-refractivity contribution in [3.63, 3.8) is 0 Å². The Balaban J connectivity index is 2.74. The van der Waals surface area contributed by atoms with Crippen LogP contribution >= 0.6 is 0 Å². The second-order valence-corrected chi connectivity index (χ2v) is 8.98. The first-order chi connectivity index (χ1) is 9.45. The first kappa shape index (κ1) is 17.9. The van der Waals surface area contributed by atoms with Crippen LogP contribution < -0.4 is 14.8 Å². The maximum absolute atomic E-state index is 11.6. The Labute approximate surface area is 126 Å². The lowest BCUT2D eigenvalue weighted by Gasteiger charge is -2.25. The second-order valence-electron chi connectivity index (χ2n) is 5.34. The third-order valence-electron chi connectivity index (χ3n) is 2.63. The van der Waals surface area contributed by atoms with Gasteiger partial charge < -0.3 is 5.32 Å². The molecule has 0 aromatic heterocycles. The van der Waals surface area contributed by atoms with Gasteiger partial charge >= 0.3 is 0 Å². The van der Waals surface area contributed by atoms with Crippen LogP contribution in [0.3, 0.4) is 0 Å². The second kappa shape index (κ2) is 6.30. The number of benzene rings is 1. The van der Waals surface area contributed by atoms with Crippen LogP contribution in [-0.4, -0.2) is 42.2 Å². The van der Waals surface area contributed by atoms with E-state index in [1.807, 2.05) is 0 Å². The topological polar surface area (TPSA) is 104 Å². The van der Waals surface area contributed by atoms with Gasteiger partial charge in [-0.1, -0.05) is 0 Å². The molecule has 7 nitrogen and oxygen atoms in total. The molecule has 0 radical (unpaired) electrons. The SMILES string of the molecule is CNS(=O)(=O)c1ccc(NCC(C)(C)NS(C)(=O)=O)cc1. The highest BCUT2D eigenvalue weighted by molar-refractivity contribution is 7.89. The van der Waals surface area contributed by atoms with E-state index in [1.165, 1.54) is 19.2 Å². The molecule has 3 N–H and O–H groups in total. The molecule has 120 valence electrons. The normalized spacial score (nSPS) is 13.1. The summed E-state index contributed by atoms with van der Waals surface area (Å²) in [7, 11) is -5.40. The molecule has 0 bridgehead atoms. The van der Waals surface area contributed by atoms with Gasteiger partial charge in [-0.2, -0.15) is 0 Å². The van der Waals surface area contributed by atoms with Crippen molar-refractivity contribution in [3.05, 3.63) is 24.3 Å². The minimum absolute atomic E-state index is 0.170. The summed E-state index contributed by atoms with van der Waals surface area (Å²) in [5.41, 5.74) is 0.0389. The maximum Gasteiger partial charge on any atom is 0.240 e. The Morgan fingerprint density at radius 1 is 1.05 bits per heavy atom. The Morgan fingerprint density at radius 3 is 2.00 bits per heavy atom. The quantitative estimate of drug-likeness (QED) is 0.666. The molecule has 0 aliphatic rings. The van der Waals surface area contributed by atoms with Gasteiger partial charge in [0.25, 0.3) is 0 Å². The Morgan fingerprint density at radius 2 is 1.57 bits per heavy atom. The van der Waals surface area contributed by atoms with Crippen molar-refractivity contribution in [1.82, 2.24) is 9.44 Å². The van der Waals surface area contributed by atoms with Crippen LogP contribution in [-0.2, 0) is 20.0 Å². The van der Waals surface area contributed by atoms with Gasteiger partial charge in [-0.3, -0.25) is 0 Å². The molecule has 1 aromatic carbocycles. The predicted octanol–water partition coefficient (Wildman–Crippen LogP) is 0.334. The smallest absolute Gasteiger partial charge is 0.240 e. The summed E-state index contributed by atoms with van der Waals surface area (Å²) in [6, 6.07) is 6.21. The van der Waals surface area contributed by atoms with E-state index >= 15 is 0 Å². The molecule has 1 rings (SSSR count). The van der Waals surface area contributed by atoms with Crippen molar-refractivity contribution < 1.29 is 16.8 Å². The van der Waals surface area contributed by atoms with Gasteiger partial charge in [0.2, 0.25) is 20.0 Å². The highest BCUT2D eigenvalue weighted by atomic mass is 32.2. The summed E-state index contributed by atoms with van der Waals surface area (Å²) in [4.78, 5) is 0.170. The van der Waals surface area contributed by atoms with Crippen molar-refractivity contribution in [2.24, 2.45) is 0 Å². The number of anilines is 1. The largest absolute Gasteiger partial charge is 0.383 e. The molecule has 0 aliphatic carbocycles. The zero-order chi connectivity index (χ0) is 16.3. The number of sulfonamides is 2. The van der Waals surface area contributed by atoms with E-state index in [4.69, 9.17) is 0 Å². The summed E-state index contributed by atoms with van der Waals surface area (Å²) in [5.74, 6) is 0. The monoisotopic (exact) mass is 335 g/mol. The molecular formula is C12H21N3O4S2. The molecule has 0 atom stereocenters. The first-order valence-electron chi connectivity index (χ1n) is 6.22. The molecule has 0 saturated carbocycles. The molecule has 0 saturated heterocycles. The average Bonchev–Trinajstić information content (AvgIpc) is 2.34. The zero-order valence-electron chi connectivity index (χ0n) is 12.5. The number of rotatable bonds is 7. The van der Waals surface area contributed by atoms with E-state index < -0.39 is 25.6 Å². The Bertz CT molecular complexity index is 680. The number of hydrogen-bond donors (Lipinski definition) is 3. The molecule has 0 aliphatic heterocycles. The summed E-state index contributed by atoms with van der Waals surface area (Å²) in [6.07, 6.45) is 1.10. The minimum atomic E-state index is -3.45. The van der Waals surface area contributed by atoms with Crippen LogP contribution in [0.5, 0.6) is 0 Å². The van der Waals surface area contributed by atoms with Crippen LogP contribution in [0.25, 0.3) is 0 Å². The predicted molar refractivity (Wildman–Crippen MR) is 83.2 cm³/mol. The van der Waals surface area contributed by atoms with Gasteiger partial charge in [-0.05, 0) is 45.2 Å². The van der Waals surface area contributed by atoms with Crippen LogP contribution in [0.2, 0.25) is 0 Å². The fourth-order valence-electron chi connectivity index (χ4n) is 1.73. The molecule has 1 aromatic rings. The van der Waals surface area contributed by atoms with Gasteiger partial charge in [0.1, 0.15) is 0 Å². The summed E-state index contributed by atoms with van der Waals surface area (Å²) >= 11 is 0. The molecule has 9 heteroatoms. The van der Waals surface area contributed by atoms with E-state index in [-0.39, 0.29) is 4.90 Å². The van der Waals surface area contributed by atoms with Crippen LogP contribution in [0.1, 0.15) is 13.8 Å². The van der Waals surface area contributed by atoms with Crippen molar-refractivity contribution >= 4 is 25.7 Å². The van der Waals surface area contributed by atoms with Crippen LogP contribution in [0, 0.1) is 0 Å². The van der Waals surface area contributed by atoms with E-state index in [2.05, 4.69) is 14.8 Å². The van der Waals surface area contributed by atoms with Gasteiger partial charge in [-0.25, -0.2) is 26.3 Å². The van der Waals surface area contributed by atoms with Gasteiger partial charge in [-0.15, -0.1) is 0 Å². The number of nitrogens with one attached hydrogen (secondary N) is 3. The fourth-order valence-corrected chi connectivity index (χ4v) is 3.54. The Kier molecular flexibility index (Phi) is 5.37. The van der Waals surface area contributed by atoms with Crippen molar-refractivity contribution in [3.8, 4) is 0 Å². The lowest BCUT2D eigenvalue weighted by molar-refractivity contribution is 0.476. The fraction of sp³-hybridized carbons (Fsp3) is 0.500. The van der Waals surface area contributed by atoms with Gasteiger partial charge in [0, 0.05) is 17.8 Å². The van der Waals surface area contributed by atoms with Crippen LogP contribution in [0.4, 0.5) is 5.69 Å². The molecule has 21 heavy (non-hydrogen) atoms. The highest BCUT2D eigenvalue weighted by Gasteiger charge is 2.21.